The molecule has 1 heterocycles. The highest BCUT2D eigenvalue weighted by Crippen LogP contribution is 2.42. The third-order valence-corrected chi connectivity index (χ3v) is 6.34. The minimum atomic E-state index is -0.375. The maximum absolute atomic E-state index is 10.2. The summed E-state index contributed by atoms with van der Waals surface area (Å²) in [5, 5.41) is 13.9. The quantitative estimate of drug-likeness (QED) is 0.528. The molecule has 0 saturated heterocycles. The summed E-state index contributed by atoms with van der Waals surface area (Å²) in [6, 6.07) is 13.9. The molecule has 1 aliphatic carbocycles. The zero-order valence-electron chi connectivity index (χ0n) is 19.4. The maximum Gasteiger partial charge on any atom is 0.257 e. The lowest BCUT2D eigenvalue weighted by Gasteiger charge is -2.35. The largest absolute Gasteiger partial charge is 0.493 e. The second-order valence-corrected chi connectivity index (χ2v) is 8.59. The van der Waals surface area contributed by atoms with E-state index in [1.807, 2.05) is 30.3 Å². The van der Waals surface area contributed by atoms with Crippen molar-refractivity contribution in [3.05, 3.63) is 59.9 Å². The van der Waals surface area contributed by atoms with Crippen LogP contribution in [-0.2, 0) is 5.41 Å². The fraction of sp³-hybridized carbons (Fsp3) is 0.407. The van der Waals surface area contributed by atoms with Crippen LogP contribution in [0.25, 0.3) is 11.5 Å². The first kappa shape index (κ1) is 22.9. The minimum absolute atomic E-state index is 0.0804. The Balaban J connectivity index is 1.72. The highest BCUT2D eigenvalue weighted by molar-refractivity contribution is 5.57. The number of methoxy groups -OCH3 is 1. The molecule has 1 aromatic heterocycles. The fourth-order valence-corrected chi connectivity index (χ4v) is 4.17. The van der Waals surface area contributed by atoms with Gasteiger partial charge >= 0.3 is 0 Å². The molecule has 0 radical (unpaired) electrons. The van der Waals surface area contributed by atoms with E-state index < -0.39 is 0 Å². The molecule has 2 aromatic carbocycles. The number of aliphatic hydroxyl groups is 1. The topological polar surface area (TPSA) is 77.6 Å². The van der Waals surface area contributed by atoms with Crippen LogP contribution in [0.4, 0.5) is 0 Å². The first-order valence-electron chi connectivity index (χ1n) is 11.5. The zero-order valence-corrected chi connectivity index (χ0v) is 19.4. The molecule has 1 atom stereocenters. The Morgan fingerprint density at radius 2 is 2.00 bits per heavy atom. The van der Waals surface area contributed by atoms with Crippen molar-refractivity contribution >= 4 is 0 Å². The Morgan fingerprint density at radius 3 is 2.70 bits per heavy atom. The lowest BCUT2D eigenvalue weighted by molar-refractivity contribution is 0.110. The van der Waals surface area contributed by atoms with Crippen LogP contribution in [0, 0.1) is 11.8 Å². The molecule has 1 aliphatic rings. The van der Waals surface area contributed by atoms with Crippen LogP contribution in [0.1, 0.15) is 57.1 Å². The highest BCUT2D eigenvalue weighted by atomic mass is 16.5. The molecular formula is C27H30N2O4. The van der Waals surface area contributed by atoms with E-state index in [0.717, 1.165) is 41.7 Å². The molecule has 1 unspecified atom stereocenters. The predicted octanol–water partition coefficient (Wildman–Crippen LogP) is 5.15. The lowest BCUT2D eigenvalue weighted by atomic mass is 9.69. The first-order valence-corrected chi connectivity index (χ1v) is 11.5. The first-order chi connectivity index (χ1) is 16.0. The minimum Gasteiger partial charge on any atom is -0.493 e. The molecule has 0 bridgehead atoms. The molecule has 1 fully saturated rings. The third kappa shape index (κ3) is 5.20. The van der Waals surface area contributed by atoms with E-state index in [2.05, 4.69) is 48.0 Å². The van der Waals surface area contributed by atoms with Gasteiger partial charge in [-0.25, -0.2) is 0 Å². The molecule has 1 N–H and O–H groups in total. The molecule has 0 aliphatic heterocycles. The van der Waals surface area contributed by atoms with Gasteiger partial charge in [-0.05, 0) is 74.9 Å². The van der Waals surface area contributed by atoms with Crippen LogP contribution < -0.4 is 9.47 Å². The van der Waals surface area contributed by atoms with Gasteiger partial charge in [0.25, 0.3) is 5.89 Å². The van der Waals surface area contributed by atoms with Crippen molar-refractivity contribution in [3.63, 3.8) is 0 Å². The van der Waals surface area contributed by atoms with E-state index >= 15 is 0 Å². The van der Waals surface area contributed by atoms with Crippen molar-refractivity contribution in [3.8, 4) is 34.8 Å². The van der Waals surface area contributed by atoms with Crippen molar-refractivity contribution in [1.29, 1.82) is 0 Å². The van der Waals surface area contributed by atoms with Crippen LogP contribution in [0.15, 0.2) is 53.3 Å². The van der Waals surface area contributed by atoms with Gasteiger partial charge in [0, 0.05) is 11.1 Å². The molecule has 0 amide bonds. The van der Waals surface area contributed by atoms with E-state index in [9.17, 15) is 5.11 Å². The Bertz CT molecular complexity index is 1120. The van der Waals surface area contributed by atoms with Gasteiger partial charge in [-0.1, -0.05) is 36.1 Å². The molecule has 33 heavy (non-hydrogen) atoms. The van der Waals surface area contributed by atoms with E-state index in [1.54, 1.807) is 7.11 Å². The number of benzene rings is 2. The summed E-state index contributed by atoms with van der Waals surface area (Å²) in [7, 11) is 1.65. The van der Waals surface area contributed by atoms with Gasteiger partial charge in [-0.15, -0.1) is 0 Å². The summed E-state index contributed by atoms with van der Waals surface area (Å²) in [6.45, 7) is 4.15. The molecule has 172 valence electrons. The van der Waals surface area contributed by atoms with Crippen LogP contribution >= 0.6 is 0 Å². The van der Waals surface area contributed by atoms with Crippen LogP contribution in [-0.4, -0.2) is 34.6 Å². The van der Waals surface area contributed by atoms with E-state index in [1.165, 1.54) is 6.33 Å². The van der Waals surface area contributed by atoms with Crippen molar-refractivity contribution in [2.75, 3.05) is 7.11 Å². The molecule has 4 rings (SSSR count). The standard InChI is InChI=1S/C27H30N2O4/c1-4-19(2)32-25-17-22(8-9-24(25)31-3)27(14-11-23(30)12-15-27)13-10-20-6-5-7-21(16-20)26-28-18-29-33-26/h5-9,16-19,23,30H,4,11-12,14-15H2,1-3H3. The second kappa shape index (κ2) is 10.1. The van der Waals surface area contributed by atoms with Crippen molar-refractivity contribution in [2.45, 2.75) is 63.6 Å². The van der Waals surface area contributed by atoms with Gasteiger partial charge in [0.2, 0.25) is 0 Å². The highest BCUT2D eigenvalue weighted by Gasteiger charge is 2.36. The molecule has 1 saturated carbocycles. The van der Waals surface area contributed by atoms with Crippen LogP contribution in [0.5, 0.6) is 11.5 Å². The van der Waals surface area contributed by atoms with E-state index in [-0.39, 0.29) is 17.6 Å². The average Bonchev–Trinajstić information content (AvgIpc) is 3.39. The van der Waals surface area contributed by atoms with Gasteiger partial charge in [0.05, 0.1) is 24.7 Å². The molecule has 6 nitrogen and oxygen atoms in total. The lowest BCUT2D eigenvalue weighted by Crippen LogP contribution is -2.32. The average molecular weight is 447 g/mol. The Kier molecular flexibility index (Phi) is 7.00. The predicted molar refractivity (Wildman–Crippen MR) is 126 cm³/mol. The van der Waals surface area contributed by atoms with Gasteiger partial charge in [0.1, 0.15) is 0 Å². The summed E-state index contributed by atoms with van der Waals surface area (Å²) >= 11 is 0. The molecule has 6 heteroatoms. The Hall–Kier alpha value is -3.30. The Morgan fingerprint density at radius 1 is 1.18 bits per heavy atom. The number of hydrogen-bond donors (Lipinski definition) is 1. The maximum atomic E-state index is 10.2. The zero-order chi connectivity index (χ0) is 23.3. The molecular weight excluding hydrogens is 416 g/mol. The number of aromatic nitrogens is 2. The van der Waals surface area contributed by atoms with Gasteiger partial charge in [-0.2, -0.15) is 4.98 Å². The van der Waals surface area contributed by atoms with Crippen molar-refractivity contribution in [2.24, 2.45) is 0 Å². The number of hydrogen-bond acceptors (Lipinski definition) is 6. The van der Waals surface area contributed by atoms with Gasteiger partial charge < -0.3 is 19.1 Å². The summed E-state index contributed by atoms with van der Waals surface area (Å²) in [5.74, 6) is 8.86. The molecule has 3 aromatic rings. The normalized spacial score (nSPS) is 21.0. The summed E-state index contributed by atoms with van der Waals surface area (Å²) in [6.07, 6.45) is 5.07. The number of aliphatic hydroxyl groups excluding tert-OH is 1. The number of rotatable bonds is 6. The molecule has 0 spiro atoms. The number of nitrogens with zero attached hydrogens (tertiary/aromatic N) is 2. The van der Waals surface area contributed by atoms with Crippen LogP contribution in [0.3, 0.4) is 0 Å². The summed E-state index contributed by atoms with van der Waals surface area (Å²) in [4.78, 5) is 4.12. The smallest absolute Gasteiger partial charge is 0.257 e. The third-order valence-electron chi connectivity index (χ3n) is 6.34. The number of ether oxygens (including phenoxy) is 2. The van der Waals surface area contributed by atoms with Crippen molar-refractivity contribution in [1.82, 2.24) is 10.1 Å². The van der Waals surface area contributed by atoms with Crippen molar-refractivity contribution < 1.29 is 19.1 Å². The summed E-state index contributed by atoms with van der Waals surface area (Å²) < 4.78 is 16.9. The van der Waals surface area contributed by atoms with Crippen LogP contribution in [0.2, 0.25) is 0 Å². The van der Waals surface area contributed by atoms with E-state index in [0.29, 0.717) is 24.5 Å². The monoisotopic (exact) mass is 446 g/mol. The second-order valence-electron chi connectivity index (χ2n) is 8.59. The van der Waals surface area contributed by atoms with E-state index in [4.69, 9.17) is 14.0 Å². The fourth-order valence-electron chi connectivity index (χ4n) is 4.17. The van der Waals surface area contributed by atoms with Gasteiger partial charge in [0.15, 0.2) is 17.8 Å². The van der Waals surface area contributed by atoms with Gasteiger partial charge in [-0.3, -0.25) is 0 Å². The SMILES string of the molecule is CCC(C)Oc1cc(C2(C#Cc3cccc(-c4ncno4)c3)CCC(O)CC2)ccc1OC. The Labute approximate surface area is 194 Å². The summed E-state index contributed by atoms with van der Waals surface area (Å²) in [5.41, 5.74) is 2.43.